The van der Waals surface area contributed by atoms with Crippen molar-refractivity contribution in [3.63, 3.8) is 0 Å². The lowest BCUT2D eigenvalue weighted by molar-refractivity contribution is -0.145. The molecule has 0 heterocycles. The van der Waals surface area contributed by atoms with E-state index in [1.54, 1.807) is 26.0 Å². The lowest BCUT2D eigenvalue weighted by Gasteiger charge is -2.26. The molecule has 0 rings (SSSR count). The summed E-state index contributed by atoms with van der Waals surface area (Å²) in [4.78, 5) is 61.3. The summed E-state index contributed by atoms with van der Waals surface area (Å²) < 4.78 is 4.66. The predicted molar refractivity (Wildman–Crippen MR) is 123 cm³/mol. The van der Waals surface area contributed by atoms with Crippen LogP contribution in [0.3, 0.4) is 0 Å². The molecule has 12 heteroatoms. The van der Waals surface area contributed by atoms with Gasteiger partial charge in [0.05, 0.1) is 19.3 Å². The number of methoxy groups -OCH3 is 1. The zero-order chi connectivity index (χ0) is 26.4. The van der Waals surface area contributed by atoms with Gasteiger partial charge in [-0.15, -0.1) is 0 Å². The first kappa shape index (κ1) is 30.8. The highest BCUT2D eigenvalue weighted by Gasteiger charge is 2.32. The van der Waals surface area contributed by atoms with Crippen LogP contribution in [0.5, 0.6) is 0 Å². The second-order valence-corrected chi connectivity index (χ2v) is 7.57. The lowest BCUT2D eigenvalue weighted by atomic mass is 10.1. The van der Waals surface area contributed by atoms with Crippen molar-refractivity contribution in [1.82, 2.24) is 21.3 Å². The van der Waals surface area contributed by atoms with Gasteiger partial charge < -0.3 is 36.2 Å². The smallest absolute Gasteiger partial charge is 0.328 e. The van der Waals surface area contributed by atoms with Crippen LogP contribution in [0.25, 0.3) is 0 Å². The van der Waals surface area contributed by atoms with Crippen molar-refractivity contribution < 1.29 is 38.9 Å². The second kappa shape index (κ2) is 15.6. The Bertz CT molecular complexity index is 779. The van der Waals surface area contributed by atoms with Crippen LogP contribution >= 0.6 is 0 Å². The molecule has 6 atom stereocenters. The lowest BCUT2D eigenvalue weighted by Crippen LogP contribution is -2.60. The highest BCUT2D eigenvalue weighted by Crippen LogP contribution is 2.02. The fraction of sp³-hybridized carbons (Fsp3) is 0.591. The van der Waals surface area contributed by atoms with E-state index >= 15 is 0 Å². The van der Waals surface area contributed by atoms with Crippen molar-refractivity contribution in [2.45, 2.75) is 77.4 Å². The van der Waals surface area contributed by atoms with Crippen molar-refractivity contribution >= 4 is 29.6 Å². The van der Waals surface area contributed by atoms with Crippen molar-refractivity contribution in [3.8, 4) is 0 Å². The molecule has 0 bridgehead atoms. The third kappa shape index (κ3) is 10.6. The van der Waals surface area contributed by atoms with Crippen molar-refractivity contribution in [2.24, 2.45) is 0 Å². The van der Waals surface area contributed by atoms with E-state index in [4.69, 9.17) is 0 Å². The van der Waals surface area contributed by atoms with Crippen LogP contribution in [0.4, 0.5) is 0 Å². The SMILES string of the molecule is C/C=C/CC(NC(=O)C(NC(=O)C(C)NC(=O)C(NC(=O)/C=C/C)C(C)O)C(C)O)C(=O)OC. The van der Waals surface area contributed by atoms with Crippen LogP contribution in [-0.4, -0.2) is 83.3 Å². The Morgan fingerprint density at radius 1 is 0.794 bits per heavy atom. The van der Waals surface area contributed by atoms with E-state index in [0.717, 1.165) is 7.11 Å². The minimum atomic E-state index is -1.44. The first-order valence-electron chi connectivity index (χ1n) is 10.8. The van der Waals surface area contributed by atoms with Gasteiger partial charge in [0.1, 0.15) is 24.2 Å². The number of amides is 4. The van der Waals surface area contributed by atoms with Crippen LogP contribution in [0.15, 0.2) is 24.3 Å². The number of ether oxygens (including phenoxy) is 1. The molecule has 0 fully saturated rings. The molecule has 0 aliphatic rings. The van der Waals surface area contributed by atoms with E-state index in [9.17, 15) is 34.2 Å². The standard InChI is InChI=1S/C22H36N4O8/c1-7-9-11-15(22(33)34-6)24-21(32)18(14(5)28)26-19(30)12(3)23-20(31)17(13(4)27)25-16(29)10-8-2/h7-10,12-15,17-18,27-28H,11H2,1-6H3,(H,23,31)(H,24,32)(H,25,29)(H,26,30)/b9-7+,10-8+. The summed E-state index contributed by atoms with van der Waals surface area (Å²) in [5, 5.41) is 29.2. The summed E-state index contributed by atoms with van der Waals surface area (Å²) in [6, 6.07) is -4.99. The number of hydrogen-bond acceptors (Lipinski definition) is 8. The second-order valence-electron chi connectivity index (χ2n) is 7.57. The molecule has 34 heavy (non-hydrogen) atoms. The number of nitrogens with one attached hydrogen (secondary N) is 4. The third-order valence-corrected chi connectivity index (χ3v) is 4.61. The van der Waals surface area contributed by atoms with Gasteiger partial charge >= 0.3 is 5.97 Å². The van der Waals surface area contributed by atoms with Gasteiger partial charge in [0.2, 0.25) is 23.6 Å². The Morgan fingerprint density at radius 3 is 1.79 bits per heavy atom. The molecule has 0 spiro atoms. The molecule has 0 aliphatic heterocycles. The van der Waals surface area contributed by atoms with E-state index in [0.29, 0.717) is 0 Å². The topological polar surface area (TPSA) is 183 Å². The summed E-state index contributed by atoms with van der Waals surface area (Å²) in [6.07, 6.45) is 3.49. The Balaban J connectivity index is 5.29. The van der Waals surface area contributed by atoms with Gasteiger partial charge in [0.25, 0.3) is 0 Å². The van der Waals surface area contributed by atoms with Gasteiger partial charge in [-0.1, -0.05) is 18.2 Å². The Hall–Kier alpha value is -3.25. The summed E-state index contributed by atoms with van der Waals surface area (Å²) in [6.45, 7) is 7.22. The summed E-state index contributed by atoms with van der Waals surface area (Å²) in [5.41, 5.74) is 0. The number of carbonyl (C=O) groups excluding carboxylic acids is 5. The van der Waals surface area contributed by atoms with E-state index in [-0.39, 0.29) is 6.42 Å². The zero-order valence-electron chi connectivity index (χ0n) is 20.3. The predicted octanol–water partition coefficient (Wildman–Crippen LogP) is -1.58. The molecule has 0 aliphatic carbocycles. The van der Waals surface area contributed by atoms with Crippen molar-refractivity contribution in [1.29, 1.82) is 0 Å². The molecule has 0 saturated carbocycles. The maximum absolute atomic E-state index is 12.6. The highest BCUT2D eigenvalue weighted by molar-refractivity contribution is 5.96. The fourth-order valence-corrected chi connectivity index (χ4v) is 2.70. The van der Waals surface area contributed by atoms with Gasteiger partial charge in [-0.25, -0.2) is 4.79 Å². The maximum Gasteiger partial charge on any atom is 0.328 e. The van der Waals surface area contributed by atoms with E-state index in [2.05, 4.69) is 26.0 Å². The number of aliphatic hydroxyl groups excluding tert-OH is 2. The first-order valence-corrected chi connectivity index (χ1v) is 10.8. The minimum absolute atomic E-state index is 0.140. The Morgan fingerprint density at radius 2 is 1.32 bits per heavy atom. The van der Waals surface area contributed by atoms with Gasteiger partial charge in [0.15, 0.2) is 0 Å². The monoisotopic (exact) mass is 484 g/mol. The number of aliphatic hydroxyl groups is 2. The number of carbonyl (C=O) groups is 5. The number of esters is 1. The van der Waals surface area contributed by atoms with Crippen LogP contribution < -0.4 is 21.3 Å². The number of hydrogen-bond donors (Lipinski definition) is 6. The van der Waals surface area contributed by atoms with Gasteiger partial charge in [0, 0.05) is 0 Å². The first-order chi connectivity index (χ1) is 15.9. The third-order valence-electron chi connectivity index (χ3n) is 4.61. The number of rotatable bonds is 13. The van der Waals surface area contributed by atoms with E-state index < -0.39 is 66.0 Å². The molecule has 0 aromatic carbocycles. The minimum Gasteiger partial charge on any atom is -0.467 e. The quantitative estimate of drug-likeness (QED) is 0.103. The van der Waals surface area contributed by atoms with Crippen LogP contribution in [0, 0.1) is 0 Å². The molecular formula is C22H36N4O8. The molecule has 0 aromatic rings. The van der Waals surface area contributed by atoms with Crippen LogP contribution in [0.2, 0.25) is 0 Å². The molecular weight excluding hydrogens is 448 g/mol. The molecule has 6 unspecified atom stereocenters. The van der Waals surface area contributed by atoms with Gasteiger partial charge in [-0.2, -0.15) is 0 Å². The Kier molecular flexibility index (Phi) is 14.1. The van der Waals surface area contributed by atoms with Crippen LogP contribution in [0.1, 0.15) is 41.0 Å². The molecule has 192 valence electrons. The molecule has 0 aromatic heterocycles. The maximum atomic E-state index is 12.6. The molecule has 6 N–H and O–H groups in total. The average Bonchev–Trinajstić information content (AvgIpc) is 2.77. The average molecular weight is 485 g/mol. The highest BCUT2D eigenvalue weighted by atomic mass is 16.5. The fourth-order valence-electron chi connectivity index (χ4n) is 2.70. The van der Waals surface area contributed by atoms with Crippen molar-refractivity contribution in [2.75, 3.05) is 7.11 Å². The number of allylic oxidation sites excluding steroid dienone is 2. The zero-order valence-corrected chi connectivity index (χ0v) is 20.3. The molecule has 12 nitrogen and oxygen atoms in total. The summed E-state index contributed by atoms with van der Waals surface area (Å²) in [5.74, 6) is -3.79. The van der Waals surface area contributed by atoms with Crippen LogP contribution in [-0.2, 0) is 28.7 Å². The van der Waals surface area contributed by atoms with E-state index in [1.165, 1.54) is 32.9 Å². The normalized spacial score (nSPS) is 16.6. The van der Waals surface area contributed by atoms with E-state index in [1.807, 2.05) is 0 Å². The van der Waals surface area contributed by atoms with Gasteiger partial charge in [-0.05, 0) is 47.1 Å². The summed E-state index contributed by atoms with van der Waals surface area (Å²) >= 11 is 0. The summed E-state index contributed by atoms with van der Waals surface area (Å²) in [7, 11) is 1.16. The molecule has 0 saturated heterocycles. The molecule has 4 amide bonds. The largest absolute Gasteiger partial charge is 0.467 e. The Labute approximate surface area is 199 Å². The van der Waals surface area contributed by atoms with Gasteiger partial charge in [-0.3, -0.25) is 19.2 Å². The van der Waals surface area contributed by atoms with Crippen molar-refractivity contribution in [3.05, 3.63) is 24.3 Å². The molecule has 0 radical (unpaired) electrons.